The molecule has 0 aromatic heterocycles. The lowest BCUT2D eigenvalue weighted by molar-refractivity contribution is 0.298. The van der Waals surface area contributed by atoms with Crippen LogP contribution in [-0.2, 0) is 0 Å². The van der Waals surface area contributed by atoms with Gasteiger partial charge in [0.15, 0.2) is 0 Å². The minimum absolute atomic E-state index is 0.638. The SMILES string of the molecule is Cc1cccc([C@H](C)CCCCN(CCCl)CCCl)c1C. The molecule has 1 aromatic rings. The molecule has 0 aliphatic rings. The van der Waals surface area contributed by atoms with Gasteiger partial charge in [0, 0.05) is 24.8 Å². The van der Waals surface area contributed by atoms with Gasteiger partial charge in [0.25, 0.3) is 0 Å². The fourth-order valence-electron chi connectivity index (χ4n) is 2.82. The van der Waals surface area contributed by atoms with E-state index in [1.807, 2.05) is 0 Å². The van der Waals surface area contributed by atoms with Crippen molar-refractivity contribution >= 4 is 23.2 Å². The van der Waals surface area contributed by atoms with Gasteiger partial charge >= 0.3 is 0 Å². The molecule has 0 aliphatic carbocycles. The molecule has 0 radical (unpaired) electrons. The maximum atomic E-state index is 5.82. The summed E-state index contributed by atoms with van der Waals surface area (Å²) in [6.07, 6.45) is 3.73. The van der Waals surface area contributed by atoms with Crippen molar-refractivity contribution in [1.82, 2.24) is 4.90 Å². The lowest BCUT2D eigenvalue weighted by Gasteiger charge is -2.21. The Morgan fingerprint density at radius 3 is 2.29 bits per heavy atom. The standard InChI is InChI=1S/C18H29Cl2N/c1-15-8-6-9-18(17(15)3)16(2)7-4-5-12-21(13-10-19)14-11-20/h6,8-9,16H,4-5,7,10-14H2,1-3H3/t16-/m1/s1. The van der Waals surface area contributed by atoms with Crippen molar-refractivity contribution in [1.29, 1.82) is 0 Å². The summed E-state index contributed by atoms with van der Waals surface area (Å²) in [5, 5.41) is 0. The summed E-state index contributed by atoms with van der Waals surface area (Å²) in [6, 6.07) is 6.65. The number of halogens is 2. The van der Waals surface area contributed by atoms with E-state index >= 15 is 0 Å². The zero-order valence-electron chi connectivity index (χ0n) is 13.7. The van der Waals surface area contributed by atoms with E-state index in [-0.39, 0.29) is 0 Å². The summed E-state index contributed by atoms with van der Waals surface area (Å²) in [6.45, 7) is 9.78. The van der Waals surface area contributed by atoms with Crippen molar-refractivity contribution in [3.63, 3.8) is 0 Å². The third-order valence-electron chi connectivity index (χ3n) is 4.34. The molecule has 0 aliphatic heterocycles. The monoisotopic (exact) mass is 329 g/mol. The smallest absolute Gasteiger partial charge is 0.0351 e. The normalized spacial score (nSPS) is 12.9. The van der Waals surface area contributed by atoms with E-state index in [0.29, 0.717) is 17.7 Å². The Morgan fingerprint density at radius 1 is 1.00 bits per heavy atom. The van der Waals surface area contributed by atoms with Crippen molar-refractivity contribution in [3.8, 4) is 0 Å². The van der Waals surface area contributed by atoms with Gasteiger partial charge in [-0.05, 0) is 55.8 Å². The maximum absolute atomic E-state index is 5.82. The number of benzene rings is 1. The summed E-state index contributed by atoms with van der Waals surface area (Å²) < 4.78 is 0. The Labute approximate surface area is 140 Å². The molecule has 120 valence electrons. The van der Waals surface area contributed by atoms with Crippen LogP contribution >= 0.6 is 23.2 Å². The Bertz CT molecular complexity index is 400. The lowest BCUT2D eigenvalue weighted by Crippen LogP contribution is -2.29. The third kappa shape index (κ3) is 6.59. The molecule has 0 saturated carbocycles. The molecule has 0 spiro atoms. The molecule has 0 saturated heterocycles. The number of rotatable bonds is 10. The van der Waals surface area contributed by atoms with Crippen LogP contribution in [0.25, 0.3) is 0 Å². The first kappa shape index (κ1) is 18.8. The van der Waals surface area contributed by atoms with Crippen molar-refractivity contribution in [2.24, 2.45) is 0 Å². The van der Waals surface area contributed by atoms with Gasteiger partial charge in [0.1, 0.15) is 0 Å². The molecule has 0 amide bonds. The minimum atomic E-state index is 0.638. The maximum Gasteiger partial charge on any atom is 0.0351 e. The second kappa shape index (κ2) is 10.5. The van der Waals surface area contributed by atoms with Crippen molar-refractivity contribution in [2.75, 3.05) is 31.4 Å². The van der Waals surface area contributed by atoms with Gasteiger partial charge < -0.3 is 4.90 Å². The summed E-state index contributed by atoms with van der Waals surface area (Å²) in [5.41, 5.74) is 4.36. The van der Waals surface area contributed by atoms with Gasteiger partial charge in [0.05, 0.1) is 0 Å². The summed E-state index contributed by atoms with van der Waals surface area (Å²) in [5.74, 6) is 2.02. The number of hydrogen-bond donors (Lipinski definition) is 0. The largest absolute Gasteiger partial charge is 0.301 e. The van der Waals surface area contributed by atoms with Crippen molar-refractivity contribution in [3.05, 3.63) is 34.9 Å². The Kier molecular flexibility index (Phi) is 9.39. The lowest BCUT2D eigenvalue weighted by atomic mass is 9.90. The highest BCUT2D eigenvalue weighted by Crippen LogP contribution is 2.26. The number of hydrogen-bond acceptors (Lipinski definition) is 1. The number of alkyl halides is 2. The van der Waals surface area contributed by atoms with Crippen molar-refractivity contribution in [2.45, 2.75) is 46.0 Å². The van der Waals surface area contributed by atoms with Crippen LogP contribution < -0.4 is 0 Å². The van der Waals surface area contributed by atoms with Crippen molar-refractivity contribution < 1.29 is 0 Å². The van der Waals surface area contributed by atoms with E-state index in [1.54, 1.807) is 0 Å². The third-order valence-corrected chi connectivity index (χ3v) is 4.68. The van der Waals surface area contributed by atoms with Crippen LogP contribution in [0.4, 0.5) is 0 Å². The second-order valence-corrected chi connectivity index (χ2v) is 6.66. The fourth-order valence-corrected chi connectivity index (χ4v) is 3.30. The molecule has 1 aromatic carbocycles. The van der Waals surface area contributed by atoms with Gasteiger partial charge in [0.2, 0.25) is 0 Å². The minimum Gasteiger partial charge on any atom is -0.301 e. The Balaban J connectivity index is 2.36. The molecule has 0 fully saturated rings. The molecule has 0 N–H and O–H groups in total. The highest BCUT2D eigenvalue weighted by molar-refractivity contribution is 6.18. The number of unbranched alkanes of at least 4 members (excludes halogenated alkanes) is 1. The molecule has 0 bridgehead atoms. The van der Waals surface area contributed by atoms with Crippen LogP contribution in [0.1, 0.15) is 48.8 Å². The van der Waals surface area contributed by atoms with Crippen LogP contribution in [-0.4, -0.2) is 36.3 Å². The van der Waals surface area contributed by atoms with Gasteiger partial charge in [-0.15, -0.1) is 23.2 Å². The predicted molar refractivity (Wildman–Crippen MR) is 96.1 cm³/mol. The topological polar surface area (TPSA) is 3.24 Å². The molecule has 1 rings (SSSR count). The Hall–Kier alpha value is -0.240. The van der Waals surface area contributed by atoms with E-state index in [0.717, 1.165) is 19.6 Å². The highest BCUT2D eigenvalue weighted by atomic mass is 35.5. The van der Waals surface area contributed by atoms with Crippen LogP contribution in [0.2, 0.25) is 0 Å². The average molecular weight is 330 g/mol. The summed E-state index contributed by atoms with van der Waals surface area (Å²) in [7, 11) is 0. The average Bonchev–Trinajstić information content (AvgIpc) is 2.46. The van der Waals surface area contributed by atoms with Gasteiger partial charge in [-0.3, -0.25) is 0 Å². The zero-order valence-corrected chi connectivity index (χ0v) is 15.2. The zero-order chi connectivity index (χ0) is 15.7. The van der Waals surface area contributed by atoms with E-state index in [9.17, 15) is 0 Å². The van der Waals surface area contributed by atoms with Gasteiger partial charge in [-0.2, -0.15) is 0 Å². The number of aryl methyl sites for hydroxylation is 1. The molecule has 1 nitrogen and oxygen atoms in total. The molecule has 0 heterocycles. The molecule has 21 heavy (non-hydrogen) atoms. The van der Waals surface area contributed by atoms with E-state index in [4.69, 9.17) is 23.2 Å². The van der Waals surface area contributed by atoms with Crippen LogP contribution in [0.5, 0.6) is 0 Å². The van der Waals surface area contributed by atoms with E-state index in [1.165, 1.54) is 36.0 Å². The van der Waals surface area contributed by atoms with Crippen LogP contribution in [0.15, 0.2) is 18.2 Å². The summed E-state index contributed by atoms with van der Waals surface area (Å²) in [4.78, 5) is 2.36. The first-order valence-electron chi connectivity index (χ1n) is 8.00. The van der Waals surface area contributed by atoms with E-state index < -0.39 is 0 Å². The number of nitrogens with zero attached hydrogens (tertiary/aromatic N) is 1. The quantitative estimate of drug-likeness (QED) is 0.412. The Morgan fingerprint density at radius 2 is 1.67 bits per heavy atom. The van der Waals surface area contributed by atoms with Gasteiger partial charge in [-0.1, -0.05) is 31.5 Å². The molecular formula is C18H29Cl2N. The summed E-state index contributed by atoms with van der Waals surface area (Å²) >= 11 is 11.6. The molecular weight excluding hydrogens is 301 g/mol. The van der Waals surface area contributed by atoms with Crippen LogP contribution in [0.3, 0.4) is 0 Å². The highest BCUT2D eigenvalue weighted by Gasteiger charge is 2.10. The second-order valence-electron chi connectivity index (χ2n) is 5.91. The predicted octanol–water partition coefficient (Wildman–Crippen LogP) is 5.36. The van der Waals surface area contributed by atoms with Crippen LogP contribution in [0, 0.1) is 13.8 Å². The molecule has 0 unspecified atom stereocenters. The first-order valence-corrected chi connectivity index (χ1v) is 9.07. The molecule has 3 heteroatoms. The van der Waals surface area contributed by atoms with E-state index in [2.05, 4.69) is 43.9 Å². The molecule has 1 atom stereocenters. The first-order chi connectivity index (χ1) is 10.1. The fraction of sp³-hybridized carbons (Fsp3) is 0.667. The van der Waals surface area contributed by atoms with Gasteiger partial charge in [-0.25, -0.2) is 0 Å².